The van der Waals surface area contributed by atoms with Crippen LogP contribution >= 0.6 is 0 Å². The zero-order chi connectivity index (χ0) is 12.1. The summed E-state index contributed by atoms with van der Waals surface area (Å²) in [6.07, 6.45) is 0.840. The molecule has 0 heterocycles. The van der Waals surface area contributed by atoms with Crippen LogP contribution in [0.15, 0.2) is 18.2 Å². The first-order valence-electron chi connectivity index (χ1n) is 5.59. The molecule has 0 aliphatic heterocycles. The predicted octanol–water partition coefficient (Wildman–Crippen LogP) is 1.72. The highest BCUT2D eigenvalue weighted by atomic mass is 16.2. The first kappa shape index (κ1) is 12.7. The van der Waals surface area contributed by atoms with E-state index in [1.54, 1.807) is 4.90 Å². The van der Waals surface area contributed by atoms with Gasteiger partial charge in [0.25, 0.3) is 5.91 Å². The minimum Gasteiger partial charge on any atom is -0.342 e. The molecule has 0 aliphatic rings. The fourth-order valence-electron chi connectivity index (χ4n) is 1.69. The molecule has 0 radical (unpaired) electrons. The second-order valence-corrected chi connectivity index (χ2v) is 4.19. The molecule has 0 saturated carbocycles. The van der Waals surface area contributed by atoms with Crippen molar-refractivity contribution in [2.24, 2.45) is 5.73 Å². The molecule has 0 fully saturated rings. The highest BCUT2D eigenvalue weighted by Gasteiger charge is 2.13. The molecule has 88 valence electrons. The van der Waals surface area contributed by atoms with Crippen LogP contribution in [-0.2, 0) is 0 Å². The summed E-state index contributed by atoms with van der Waals surface area (Å²) in [5.41, 5.74) is 8.42. The van der Waals surface area contributed by atoms with Crippen LogP contribution in [0.4, 0.5) is 0 Å². The number of rotatable bonds is 4. The summed E-state index contributed by atoms with van der Waals surface area (Å²) in [5.74, 6) is 0.0750. The molecule has 3 nitrogen and oxygen atoms in total. The van der Waals surface area contributed by atoms with E-state index < -0.39 is 0 Å². The average Bonchev–Trinajstić information content (AvgIpc) is 2.25. The van der Waals surface area contributed by atoms with Crippen molar-refractivity contribution in [3.8, 4) is 0 Å². The Morgan fingerprint density at radius 3 is 2.62 bits per heavy atom. The van der Waals surface area contributed by atoms with E-state index in [0.29, 0.717) is 13.1 Å². The molecule has 1 aromatic carbocycles. The van der Waals surface area contributed by atoms with Crippen molar-refractivity contribution < 1.29 is 4.79 Å². The molecule has 16 heavy (non-hydrogen) atoms. The van der Waals surface area contributed by atoms with Crippen molar-refractivity contribution in [1.29, 1.82) is 0 Å². The Bertz CT molecular complexity index is 374. The molecule has 1 rings (SSSR count). The van der Waals surface area contributed by atoms with Crippen molar-refractivity contribution >= 4 is 5.91 Å². The molecule has 0 aromatic heterocycles. The number of nitrogens with zero attached hydrogens (tertiary/aromatic N) is 1. The van der Waals surface area contributed by atoms with E-state index in [-0.39, 0.29) is 5.91 Å². The van der Waals surface area contributed by atoms with Crippen molar-refractivity contribution in [3.05, 3.63) is 34.9 Å². The zero-order valence-corrected chi connectivity index (χ0v) is 10.3. The van der Waals surface area contributed by atoms with Crippen LogP contribution in [0.2, 0.25) is 0 Å². The number of carbonyl (C=O) groups excluding carboxylic acids is 1. The monoisotopic (exact) mass is 220 g/mol. The first-order valence-corrected chi connectivity index (χ1v) is 5.59. The van der Waals surface area contributed by atoms with E-state index >= 15 is 0 Å². The predicted molar refractivity (Wildman–Crippen MR) is 66.5 cm³/mol. The lowest BCUT2D eigenvalue weighted by molar-refractivity contribution is 0.0793. The Hall–Kier alpha value is -1.35. The van der Waals surface area contributed by atoms with Crippen molar-refractivity contribution in [1.82, 2.24) is 4.90 Å². The summed E-state index contributed by atoms with van der Waals surface area (Å²) < 4.78 is 0. The molecule has 0 spiro atoms. The summed E-state index contributed by atoms with van der Waals surface area (Å²) in [6.45, 7) is 5.32. The van der Waals surface area contributed by atoms with E-state index in [1.807, 2.05) is 39.1 Å². The highest BCUT2D eigenvalue weighted by molar-refractivity contribution is 5.95. The summed E-state index contributed by atoms with van der Waals surface area (Å²) in [5, 5.41) is 0. The van der Waals surface area contributed by atoms with Crippen LogP contribution < -0.4 is 5.73 Å². The number of amides is 1. The van der Waals surface area contributed by atoms with Gasteiger partial charge in [-0.2, -0.15) is 0 Å². The average molecular weight is 220 g/mol. The van der Waals surface area contributed by atoms with Gasteiger partial charge in [0, 0.05) is 19.2 Å². The molecule has 0 bridgehead atoms. The number of hydrogen-bond acceptors (Lipinski definition) is 2. The highest BCUT2D eigenvalue weighted by Crippen LogP contribution is 2.12. The third kappa shape index (κ3) is 3.07. The third-order valence-corrected chi connectivity index (χ3v) is 2.66. The van der Waals surface area contributed by atoms with Gasteiger partial charge in [0.2, 0.25) is 0 Å². The lowest BCUT2D eigenvalue weighted by atomic mass is 10.0. The smallest absolute Gasteiger partial charge is 0.253 e. The minimum absolute atomic E-state index is 0.0750. The second-order valence-electron chi connectivity index (χ2n) is 4.19. The van der Waals surface area contributed by atoms with Crippen molar-refractivity contribution in [3.63, 3.8) is 0 Å². The van der Waals surface area contributed by atoms with E-state index in [1.165, 1.54) is 5.56 Å². The Labute approximate surface area is 97.2 Å². The van der Waals surface area contributed by atoms with Gasteiger partial charge in [-0.15, -0.1) is 0 Å². The van der Waals surface area contributed by atoms with Crippen LogP contribution in [0, 0.1) is 13.8 Å². The van der Waals surface area contributed by atoms with Crippen LogP contribution in [-0.4, -0.2) is 30.9 Å². The molecule has 2 N–H and O–H groups in total. The van der Waals surface area contributed by atoms with Gasteiger partial charge >= 0.3 is 0 Å². The first-order chi connectivity index (χ1) is 7.56. The SMILES string of the molecule is Cc1ccc(C(=O)N(C)CCCN)c(C)c1. The van der Waals surface area contributed by atoms with Gasteiger partial charge < -0.3 is 10.6 Å². The Morgan fingerprint density at radius 2 is 2.06 bits per heavy atom. The maximum atomic E-state index is 12.1. The van der Waals surface area contributed by atoms with Gasteiger partial charge in [0.1, 0.15) is 0 Å². The molecule has 0 atom stereocenters. The van der Waals surface area contributed by atoms with Crippen LogP contribution in [0.25, 0.3) is 0 Å². The largest absolute Gasteiger partial charge is 0.342 e. The Kier molecular flexibility index (Phi) is 4.50. The second kappa shape index (κ2) is 5.66. The van der Waals surface area contributed by atoms with Gasteiger partial charge in [-0.25, -0.2) is 0 Å². The molecule has 0 unspecified atom stereocenters. The fourth-order valence-corrected chi connectivity index (χ4v) is 1.69. The summed E-state index contributed by atoms with van der Waals surface area (Å²) in [4.78, 5) is 13.8. The summed E-state index contributed by atoms with van der Waals surface area (Å²) >= 11 is 0. The molecule has 3 heteroatoms. The maximum absolute atomic E-state index is 12.1. The van der Waals surface area contributed by atoms with E-state index in [4.69, 9.17) is 5.73 Å². The van der Waals surface area contributed by atoms with Crippen molar-refractivity contribution in [2.45, 2.75) is 20.3 Å². The van der Waals surface area contributed by atoms with E-state index in [2.05, 4.69) is 0 Å². The standard InChI is InChI=1S/C13H20N2O/c1-10-5-6-12(11(2)9-10)13(16)15(3)8-4-7-14/h5-6,9H,4,7-8,14H2,1-3H3. The van der Waals surface area contributed by atoms with Gasteiger partial charge in [-0.05, 0) is 38.4 Å². The Balaban J connectivity index is 2.79. The molecule has 1 aromatic rings. The van der Waals surface area contributed by atoms with Gasteiger partial charge in [0.05, 0.1) is 0 Å². The summed E-state index contributed by atoms with van der Waals surface area (Å²) in [7, 11) is 1.82. The van der Waals surface area contributed by atoms with Gasteiger partial charge in [-0.3, -0.25) is 4.79 Å². The normalized spacial score (nSPS) is 10.2. The van der Waals surface area contributed by atoms with Gasteiger partial charge in [-0.1, -0.05) is 17.7 Å². The quantitative estimate of drug-likeness (QED) is 0.840. The molecule has 1 amide bonds. The van der Waals surface area contributed by atoms with Crippen molar-refractivity contribution in [2.75, 3.05) is 20.1 Å². The lowest BCUT2D eigenvalue weighted by Crippen LogP contribution is -2.29. The minimum atomic E-state index is 0.0750. The van der Waals surface area contributed by atoms with Crippen LogP contribution in [0.3, 0.4) is 0 Å². The fraction of sp³-hybridized carbons (Fsp3) is 0.462. The number of nitrogens with two attached hydrogens (primary N) is 1. The van der Waals surface area contributed by atoms with Gasteiger partial charge in [0.15, 0.2) is 0 Å². The maximum Gasteiger partial charge on any atom is 0.253 e. The zero-order valence-electron chi connectivity index (χ0n) is 10.3. The topological polar surface area (TPSA) is 46.3 Å². The molecule has 0 aliphatic carbocycles. The van der Waals surface area contributed by atoms with E-state index in [0.717, 1.165) is 17.5 Å². The lowest BCUT2D eigenvalue weighted by Gasteiger charge is -2.18. The number of benzene rings is 1. The molecular weight excluding hydrogens is 200 g/mol. The number of hydrogen-bond donors (Lipinski definition) is 1. The number of carbonyl (C=O) groups is 1. The molecule has 0 saturated heterocycles. The Morgan fingerprint density at radius 1 is 1.38 bits per heavy atom. The molecular formula is C13H20N2O. The van der Waals surface area contributed by atoms with E-state index in [9.17, 15) is 4.79 Å². The number of aryl methyl sites for hydroxylation is 2. The summed E-state index contributed by atoms with van der Waals surface area (Å²) in [6, 6.07) is 5.90. The van der Waals surface area contributed by atoms with Crippen LogP contribution in [0.5, 0.6) is 0 Å². The van der Waals surface area contributed by atoms with Crippen LogP contribution in [0.1, 0.15) is 27.9 Å². The third-order valence-electron chi connectivity index (χ3n) is 2.66.